The third-order valence-corrected chi connectivity index (χ3v) is 4.42. The first-order valence-corrected chi connectivity index (χ1v) is 9.51. The topological polar surface area (TPSA) is 64.6 Å². The maximum atomic E-state index is 12.2. The molecular weight excluding hydrogens is 326 g/mol. The van der Waals surface area contributed by atoms with E-state index in [0.29, 0.717) is 25.7 Å². The van der Waals surface area contributed by atoms with Gasteiger partial charge in [0.25, 0.3) is 0 Å². The third kappa shape index (κ3) is 5.94. The lowest BCUT2D eigenvalue weighted by Gasteiger charge is -2.34. The Hall–Kier alpha value is -1.34. The van der Waals surface area contributed by atoms with Crippen LogP contribution in [0.4, 0.5) is 4.79 Å². The maximum Gasteiger partial charge on any atom is 0.410 e. The third-order valence-electron chi connectivity index (χ3n) is 3.69. The molecule has 7 heteroatoms. The molecule has 24 heavy (non-hydrogen) atoms. The number of likely N-dealkylation sites (tertiary alicyclic amines) is 1. The number of aromatic nitrogens is 2. The molecular formula is C17H27N3O3S. The van der Waals surface area contributed by atoms with Crippen molar-refractivity contribution in [1.82, 2.24) is 14.9 Å². The molecule has 1 saturated heterocycles. The van der Waals surface area contributed by atoms with Crippen LogP contribution in [0, 0.1) is 5.92 Å². The Kier molecular flexibility index (Phi) is 6.86. The van der Waals surface area contributed by atoms with E-state index < -0.39 is 5.60 Å². The summed E-state index contributed by atoms with van der Waals surface area (Å²) in [5, 5.41) is 0.900. The highest BCUT2D eigenvalue weighted by atomic mass is 32.2. The SMILES string of the molecule is CSc1nccnc1COC[C@H]1CCCN(C(=O)OC(C)(C)C)C1. The van der Waals surface area contributed by atoms with Gasteiger partial charge in [-0.3, -0.25) is 4.98 Å². The first kappa shape index (κ1) is 19.0. The van der Waals surface area contributed by atoms with Crippen LogP contribution in [-0.4, -0.2) is 52.5 Å². The molecule has 0 spiro atoms. The number of ether oxygens (including phenoxy) is 2. The standard InChI is InChI=1S/C17H27N3O3S/c1-17(2,3)23-16(21)20-9-5-6-13(10-20)11-22-12-14-15(24-4)19-8-7-18-14/h7-8,13H,5-6,9-12H2,1-4H3/t13-/m0/s1. The van der Waals surface area contributed by atoms with Crippen molar-refractivity contribution < 1.29 is 14.3 Å². The quantitative estimate of drug-likeness (QED) is 0.756. The molecule has 1 amide bonds. The van der Waals surface area contributed by atoms with E-state index in [2.05, 4.69) is 9.97 Å². The second-order valence-electron chi connectivity index (χ2n) is 6.96. The predicted molar refractivity (Wildman–Crippen MR) is 94.0 cm³/mol. The van der Waals surface area contributed by atoms with E-state index in [0.717, 1.165) is 30.1 Å². The lowest BCUT2D eigenvalue weighted by molar-refractivity contribution is 0.00547. The minimum atomic E-state index is -0.458. The van der Waals surface area contributed by atoms with Gasteiger partial charge in [0.05, 0.1) is 18.9 Å². The van der Waals surface area contributed by atoms with E-state index in [1.165, 1.54) is 0 Å². The molecule has 2 rings (SSSR count). The van der Waals surface area contributed by atoms with Gasteiger partial charge in [-0.2, -0.15) is 0 Å². The number of nitrogens with zero attached hydrogens (tertiary/aromatic N) is 3. The van der Waals surface area contributed by atoms with Crippen molar-refractivity contribution in [1.29, 1.82) is 0 Å². The zero-order valence-electron chi connectivity index (χ0n) is 14.9. The van der Waals surface area contributed by atoms with Gasteiger partial charge in [-0.05, 0) is 39.9 Å². The van der Waals surface area contributed by atoms with Gasteiger partial charge in [-0.1, -0.05) is 0 Å². The Labute approximate surface area is 148 Å². The number of piperidine rings is 1. The van der Waals surface area contributed by atoms with Gasteiger partial charge in [0.1, 0.15) is 10.6 Å². The molecule has 1 aliphatic heterocycles. The second kappa shape index (κ2) is 8.67. The Morgan fingerprint density at radius 3 is 2.83 bits per heavy atom. The smallest absolute Gasteiger partial charge is 0.410 e. The molecule has 0 unspecified atom stereocenters. The molecule has 1 aliphatic rings. The molecule has 134 valence electrons. The molecule has 1 fully saturated rings. The fourth-order valence-electron chi connectivity index (χ4n) is 2.64. The van der Waals surface area contributed by atoms with Crippen LogP contribution in [0.5, 0.6) is 0 Å². The summed E-state index contributed by atoms with van der Waals surface area (Å²) in [6, 6.07) is 0. The summed E-state index contributed by atoms with van der Waals surface area (Å²) in [7, 11) is 0. The highest BCUT2D eigenvalue weighted by molar-refractivity contribution is 7.98. The summed E-state index contributed by atoms with van der Waals surface area (Å²) >= 11 is 1.57. The molecule has 0 aliphatic carbocycles. The van der Waals surface area contributed by atoms with Crippen LogP contribution in [0.1, 0.15) is 39.3 Å². The number of thioether (sulfide) groups is 1. The zero-order valence-corrected chi connectivity index (χ0v) is 15.8. The Bertz CT molecular complexity index is 548. The van der Waals surface area contributed by atoms with Crippen LogP contribution in [0.15, 0.2) is 17.4 Å². The Morgan fingerprint density at radius 2 is 2.12 bits per heavy atom. The summed E-state index contributed by atoms with van der Waals surface area (Å²) < 4.78 is 11.3. The van der Waals surface area contributed by atoms with Gasteiger partial charge >= 0.3 is 6.09 Å². The van der Waals surface area contributed by atoms with Crippen LogP contribution < -0.4 is 0 Å². The Balaban J connectivity index is 1.80. The summed E-state index contributed by atoms with van der Waals surface area (Å²) in [6.07, 6.45) is 7.17. The van der Waals surface area contributed by atoms with Gasteiger partial charge < -0.3 is 14.4 Å². The van der Waals surface area contributed by atoms with Crippen LogP contribution in [-0.2, 0) is 16.1 Å². The molecule has 1 aromatic rings. The van der Waals surface area contributed by atoms with Crippen molar-refractivity contribution in [2.75, 3.05) is 26.0 Å². The molecule has 1 aromatic heterocycles. The fourth-order valence-corrected chi connectivity index (χ4v) is 3.15. The highest BCUT2D eigenvalue weighted by Gasteiger charge is 2.27. The minimum Gasteiger partial charge on any atom is -0.444 e. The molecule has 2 heterocycles. The summed E-state index contributed by atoms with van der Waals surface area (Å²) in [4.78, 5) is 22.6. The predicted octanol–water partition coefficient (Wildman–Crippen LogP) is 3.36. The van der Waals surface area contributed by atoms with E-state index in [4.69, 9.17) is 9.47 Å². The molecule has 1 atom stereocenters. The van der Waals surface area contributed by atoms with Gasteiger partial charge in [0, 0.05) is 31.4 Å². The summed E-state index contributed by atoms with van der Waals surface area (Å²) in [5.74, 6) is 0.334. The van der Waals surface area contributed by atoms with E-state index in [9.17, 15) is 4.79 Å². The van der Waals surface area contributed by atoms with Crippen molar-refractivity contribution >= 4 is 17.9 Å². The molecule has 0 aromatic carbocycles. The number of hydrogen-bond acceptors (Lipinski definition) is 6. The van der Waals surface area contributed by atoms with Crippen LogP contribution in [0.25, 0.3) is 0 Å². The minimum absolute atomic E-state index is 0.231. The average molecular weight is 353 g/mol. The normalized spacial score (nSPS) is 18.5. The molecule has 0 bridgehead atoms. The Morgan fingerprint density at radius 1 is 1.38 bits per heavy atom. The van der Waals surface area contributed by atoms with Crippen molar-refractivity contribution in [3.05, 3.63) is 18.1 Å². The number of carbonyl (C=O) groups is 1. The lowest BCUT2D eigenvalue weighted by Crippen LogP contribution is -2.43. The van der Waals surface area contributed by atoms with Crippen LogP contribution >= 0.6 is 11.8 Å². The molecule has 6 nitrogen and oxygen atoms in total. The molecule has 0 saturated carbocycles. The van der Waals surface area contributed by atoms with Crippen molar-refractivity contribution in [2.45, 2.75) is 50.8 Å². The van der Waals surface area contributed by atoms with Crippen molar-refractivity contribution in [3.63, 3.8) is 0 Å². The number of carbonyl (C=O) groups excluding carboxylic acids is 1. The first-order chi connectivity index (χ1) is 11.4. The van der Waals surface area contributed by atoms with E-state index in [1.807, 2.05) is 27.0 Å². The molecule has 0 radical (unpaired) electrons. The fraction of sp³-hybridized carbons (Fsp3) is 0.706. The molecule has 0 N–H and O–H groups in total. The van der Waals surface area contributed by atoms with Gasteiger partial charge in [0.15, 0.2) is 0 Å². The zero-order chi connectivity index (χ0) is 17.6. The highest BCUT2D eigenvalue weighted by Crippen LogP contribution is 2.21. The van der Waals surface area contributed by atoms with Gasteiger partial charge in [0.2, 0.25) is 0 Å². The van der Waals surface area contributed by atoms with Gasteiger partial charge in [-0.15, -0.1) is 11.8 Å². The summed E-state index contributed by atoms with van der Waals surface area (Å²) in [6.45, 7) is 8.17. The van der Waals surface area contributed by atoms with Crippen molar-refractivity contribution in [2.24, 2.45) is 5.92 Å². The van der Waals surface area contributed by atoms with Crippen molar-refractivity contribution in [3.8, 4) is 0 Å². The van der Waals surface area contributed by atoms with E-state index >= 15 is 0 Å². The second-order valence-corrected chi connectivity index (χ2v) is 7.76. The van der Waals surface area contributed by atoms with Crippen LogP contribution in [0.3, 0.4) is 0 Å². The largest absolute Gasteiger partial charge is 0.444 e. The number of hydrogen-bond donors (Lipinski definition) is 0. The average Bonchev–Trinajstić information content (AvgIpc) is 2.54. The van der Waals surface area contributed by atoms with Gasteiger partial charge in [-0.25, -0.2) is 9.78 Å². The first-order valence-electron chi connectivity index (χ1n) is 8.28. The van der Waals surface area contributed by atoms with E-state index in [1.54, 1.807) is 29.1 Å². The maximum absolute atomic E-state index is 12.2. The number of amides is 1. The summed E-state index contributed by atoms with van der Waals surface area (Å²) in [5.41, 5.74) is 0.408. The number of rotatable bonds is 5. The lowest BCUT2D eigenvalue weighted by atomic mass is 9.99. The monoisotopic (exact) mass is 353 g/mol. The van der Waals surface area contributed by atoms with E-state index in [-0.39, 0.29) is 6.09 Å². The van der Waals surface area contributed by atoms with Crippen LogP contribution in [0.2, 0.25) is 0 Å².